The molecule has 2 aromatic rings. The van der Waals surface area contributed by atoms with Crippen LogP contribution < -0.4 is 10.6 Å². The third-order valence-electron chi connectivity index (χ3n) is 3.71. The van der Waals surface area contributed by atoms with Crippen LogP contribution >= 0.6 is 11.3 Å². The molecule has 0 bridgehead atoms. The molecule has 0 saturated carbocycles. The number of rotatable bonds is 3. The Bertz CT molecular complexity index is 580. The number of piperidine rings is 1. The molecule has 0 radical (unpaired) electrons. The van der Waals surface area contributed by atoms with E-state index in [1.54, 1.807) is 0 Å². The van der Waals surface area contributed by atoms with Gasteiger partial charge in [0.1, 0.15) is 5.00 Å². The summed E-state index contributed by atoms with van der Waals surface area (Å²) in [6.07, 6.45) is 2.45. The van der Waals surface area contributed by atoms with Gasteiger partial charge in [-0.2, -0.15) is 0 Å². The minimum Gasteiger partial charge on any atom is -0.316 e. The highest BCUT2D eigenvalue weighted by molar-refractivity contribution is 7.12. The van der Waals surface area contributed by atoms with E-state index in [0.29, 0.717) is 6.67 Å². The van der Waals surface area contributed by atoms with Crippen LogP contribution in [0.1, 0.15) is 19.8 Å². The third-order valence-corrected chi connectivity index (χ3v) is 4.55. The van der Waals surface area contributed by atoms with E-state index in [2.05, 4.69) is 17.4 Å². The molecular formula is C12H18N5OS+. The molecule has 1 aliphatic heterocycles. The molecular weight excluding hydrogens is 262 g/mol. The van der Waals surface area contributed by atoms with Gasteiger partial charge in [-0.1, -0.05) is 6.92 Å². The molecule has 1 fully saturated rings. The Hall–Kier alpha value is -1.47. The van der Waals surface area contributed by atoms with Gasteiger partial charge in [0.25, 0.3) is 0 Å². The topological polar surface area (TPSA) is 57.2 Å². The molecule has 19 heavy (non-hydrogen) atoms. The van der Waals surface area contributed by atoms with Crippen molar-refractivity contribution in [3.63, 3.8) is 0 Å². The van der Waals surface area contributed by atoms with E-state index in [-0.39, 0.29) is 5.69 Å². The minimum absolute atomic E-state index is 0.145. The van der Waals surface area contributed by atoms with Gasteiger partial charge in [0, 0.05) is 0 Å². The molecule has 1 saturated heterocycles. The summed E-state index contributed by atoms with van der Waals surface area (Å²) in [7, 11) is 0. The Morgan fingerprint density at radius 1 is 1.42 bits per heavy atom. The summed E-state index contributed by atoms with van der Waals surface area (Å²) in [6, 6.07) is 3.78. The first-order valence-electron chi connectivity index (χ1n) is 6.64. The average molecular weight is 280 g/mol. The quantitative estimate of drug-likeness (QED) is 0.844. The predicted molar refractivity (Wildman–Crippen MR) is 72.6 cm³/mol. The van der Waals surface area contributed by atoms with E-state index in [4.69, 9.17) is 0 Å². The van der Waals surface area contributed by atoms with E-state index in [0.717, 1.165) is 24.0 Å². The van der Waals surface area contributed by atoms with Gasteiger partial charge < -0.3 is 4.90 Å². The smallest absolute Gasteiger partial charge is 0.316 e. The molecule has 0 atom stereocenters. The SMILES string of the molecule is CC1CC[NH+](Cn2nnn(-c3cccs3)c2=O)CC1. The lowest BCUT2D eigenvalue weighted by atomic mass is 10.00. The number of thiophene rings is 1. The fraction of sp³-hybridized carbons (Fsp3) is 0.583. The van der Waals surface area contributed by atoms with Crippen molar-refractivity contribution in [2.45, 2.75) is 26.4 Å². The second-order valence-electron chi connectivity index (χ2n) is 5.21. The van der Waals surface area contributed by atoms with E-state index < -0.39 is 0 Å². The first kappa shape index (κ1) is 12.6. The summed E-state index contributed by atoms with van der Waals surface area (Å²) in [5.74, 6) is 0.808. The number of aromatic nitrogens is 4. The monoisotopic (exact) mass is 280 g/mol. The van der Waals surface area contributed by atoms with Crippen LogP contribution in [0.5, 0.6) is 0 Å². The maximum atomic E-state index is 12.2. The summed E-state index contributed by atoms with van der Waals surface area (Å²) in [5, 5.41) is 10.7. The van der Waals surface area contributed by atoms with E-state index in [1.807, 2.05) is 17.5 Å². The standard InChI is InChI=1S/C12H17N5OS/c1-10-4-6-15(7-5-10)9-16-12(18)17(14-13-16)11-3-2-8-19-11/h2-3,8,10H,4-7,9H2,1H3/p+1. The Morgan fingerprint density at radius 3 is 2.89 bits per heavy atom. The van der Waals surface area contributed by atoms with Gasteiger partial charge in [0.15, 0.2) is 6.67 Å². The second kappa shape index (κ2) is 5.26. The molecule has 1 N–H and O–H groups in total. The van der Waals surface area contributed by atoms with Crippen molar-refractivity contribution in [3.8, 4) is 5.00 Å². The first-order chi connectivity index (χ1) is 9.24. The van der Waals surface area contributed by atoms with E-state index in [1.165, 1.54) is 38.4 Å². The summed E-state index contributed by atoms with van der Waals surface area (Å²) in [6.45, 7) is 5.13. The number of nitrogens with zero attached hydrogens (tertiary/aromatic N) is 4. The lowest BCUT2D eigenvalue weighted by molar-refractivity contribution is -0.929. The lowest BCUT2D eigenvalue weighted by Crippen LogP contribution is -3.12. The Labute approximate surface area is 115 Å². The molecule has 6 nitrogen and oxygen atoms in total. The fourth-order valence-corrected chi connectivity index (χ4v) is 3.11. The Balaban J connectivity index is 1.74. The van der Waals surface area contributed by atoms with Crippen LogP contribution in [0.2, 0.25) is 0 Å². The first-order valence-corrected chi connectivity index (χ1v) is 7.52. The van der Waals surface area contributed by atoms with Gasteiger partial charge in [-0.05, 0) is 46.7 Å². The van der Waals surface area contributed by atoms with Gasteiger partial charge in [-0.15, -0.1) is 20.7 Å². The lowest BCUT2D eigenvalue weighted by Gasteiger charge is -2.26. The average Bonchev–Trinajstić information content (AvgIpc) is 3.03. The van der Waals surface area contributed by atoms with Gasteiger partial charge in [-0.25, -0.2) is 4.79 Å². The fourth-order valence-electron chi connectivity index (χ4n) is 2.44. The molecule has 7 heteroatoms. The maximum Gasteiger partial charge on any atom is 0.374 e. The van der Waals surface area contributed by atoms with Gasteiger partial charge in [-0.3, -0.25) is 0 Å². The number of nitrogens with one attached hydrogen (secondary N) is 1. The van der Waals surface area contributed by atoms with Crippen LogP contribution in [0.3, 0.4) is 0 Å². The molecule has 0 spiro atoms. The van der Waals surface area contributed by atoms with Crippen LogP contribution in [0.25, 0.3) is 5.00 Å². The van der Waals surface area contributed by atoms with Crippen molar-refractivity contribution < 1.29 is 4.90 Å². The zero-order chi connectivity index (χ0) is 13.2. The molecule has 2 aromatic heterocycles. The number of tetrazole rings is 1. The molecule has 3 heterocycles. The number of likely N-dealkylation sites (tertiary alicyclic amines) is 1. The van der Waals surface area contributed by atoms with Crippen molar-refractivity contribution in [2.24, 2.45) is 5.92 Å². The van der Waals surface area contributed by atoms with Gasteiger partial charge in [0.2, 0.25) is 0 Å². The van der Waals surface area contributed by atoms with Crippen LogP contribution in [0.15, 0.2) is 22.3 Å². The summed E-state index contributed by atoms with van der Waals surface area (Å²) >= 11 is 1.49. The molecule has 0 amide bonds. The number of quaternary nitrogens is 1. The molecule has 0 aromatic carbocycles. The van der Waals surface area contributed by atoms with Crippen molar-refractivity contribution in [2.75, 3.05) is 13.1 Å². The molecule has 3 rings (SSSR count). The van der Waals surface area contributed by atoms with Crippen molar-refractivity contribution in [1.82, 2.24) is 19.8 Å². The van der Waals surface area contributed by atoms with E-state index >= 15 is 0 Å². The molecule has 102 valence electrons. The number of hydrogen-bond acceptors (Lipinski definition) is 4. The van der Waals surface area contributed by atoms with E-state index in [9.17, 15) is 4.79 Å². The van der Waals surface area contributed by atoms with Crippen LogP contribution in [0.4, 0.5) is 0 Å². The van der Waals surface area contributed by atoms with Crippen LogP contribution in [-0.4, -0.2) is 32.9 Å². The summed E-state index contributed by atoms with van der Waals surface area (Å²) in [4.78, 5) is 13.6. The van der Waals surface area contributed by atoms with Crippen LogP contribution in [-0.2, 0) is 6.67 Å². The van der Waals surface area contributed by atoms with Gasteiger partial charge in [0.05, 0.1) is 13.1 Å². The Kier molecular flexibility index (Phi) is 3.48. The molecule has 0 aliphatic carbocycles. The molecule has 0 unspecified atom stereocenters. The Morgan fingerprint density at radius 2 is 2.21 bits per heavy atom. The minimum atomic E-state index is -0.145. The third kappa shape index (κ3) is 2.62. The highest BCUT2D eigenvalue weighted by atomic mass is 32.1. The molecule has 1 aliphatic rings. The largest absolute Gasteiger partial charge is 0.374 e. The highest BCUT2D eigenvalue weighted by Crippen LogP contribution is 2.10. The summed E-state index contributed by atoms with van der Waals surface area (Å²) in [5.41, 5.74) is -0.145. The number of hydrogen-bond donors (Lipinski definition) is 1. The second-order valence-corrected chi connectivity index (χ2v) is 6.14. The summed E-state index contributed by atoms with van der Waals surface area (Å²) < 4.78 is 2.85. The van der Waals surface area contributed by atoms with Gasteiger partial charge >= 0.3 is 5.69 Å². The van der Waals surface area contributed by atoms with Crippen molar-refractivity contribution in [1.29, 1.82) is 0 Å². The normalized spacial score (nSPS) is 23.6. The van der Waals surface area contributed by atoms with Crippen molar-refractivity contribution >= 4 is 11.3 Å². The maximum absolute atomic E-state index is 12.2. The highest BCUT2D eigenvalue weighted by Gasteiger charge is 2.21. The predicted octanol–water partition coefficient (Wildman–Crippen LogP) is -0.237. The van der Waals surface area contributed by atoms with Crippen molar-refractivity contribution in [3.05, 3.63) is 28.0 Å². The van der Waals surface area contributed by atoms with Crippen LogP contribution in [0, 0.1) is 5.92 Å². The zero-order valence-electron chi connectivity index (χ0n) is 11.0. The zero-order valence-corrected chi connectivity index (χ0v) is 11.8.